The number of benzene rings is 2. The molecule has 0 saturated carbocycles. The summed E-state index contributed by atoms with van der Waals surface area (Å²) in [6, 6.07) is 17.5. The third-order valence-electron chi connectivity index (χ3n) is 4.58. The number of nitrogens with one attached hydrogen (secondary N) is 2. The molecular formula is C24H25N5S. The number of rotatable bonds is 8. The molecule has 3 aromatic rings. The highest BCUT2D eigenvalue weighted by Crippen LogP contribution is 2.25. The van der Waals surface area contributed by atoms with Crippen LogP contribution in [0.4, 0.5) is 5.69 Å². The first-order valence-electron chi connectivity index (χ1n) is 9.53. The average Bonchev–Trinajstić information content (AvgIpc) is 2.77. The lowest BCUT2D eigenvalue weighted by atomic mass is 9.98. The molecule has 1 heterocycles. The van der Waals surface area contributed by atoms with Crippen molar-refractivity contribution in [2.24, 2.45) is 5.73 Å². The molecule has 1 aromatic heterocycles. The molecule has 0 unspecified atom stereocenters. The first-order chi connectivity index (χ1) is 14.6. The zero-order valence-electron chi connectivity index (χ0n) is 16.5. The van der Waals surface area contributed by atoms with Crippen molar-refractivity contribution in [3.63, 3.8) is 0 Å². The molecule has 0 radical (unpaired) electrons. The van der Waals surface area contributed by atoms with Gasteiger partial charge in [0.25, 0.3) is 0 Å². The third kappa shape index (κ3) is 5.59. The van der Waals surface area contributed by atoms with E-state index in [1.807, 2.05) is 54.6 Å². The van der Waals surface area contributed by atoms with Crippen molar-refractivity contribution in [3.05, 3.63) is 101 Å². The fraction of sp³-hybridized carbons (Fsp3) is 0.0833. The van der Waals surface area contributed by atoms with E-state index in [0.717, 1.165) is 35.3 Å². The van der Waals surface area contributed by atoms with Crippen molar-refractivity contribution < 1.29 is 0 Å². The minimum atomic E-state index is 0.195. The van der Waals surface area contributed by atoms with Gasteiger partial charge in [-0.3, -0.25) is 10.4 Å². The van der Waals surface area contributed by atoms with Gasteiger partial charge < -0.3 is 16.8 Å². The van der Waals surface area contributed by atoms with E-state index >= 15 is 0 Å². The van der Waals surface area contributed by atoms with Crippen molar-refractivity contribution in [2.45, 2.75) is 6.54 Å². The fourth-order valence-corrected chi connectivity index (χ4v) is 3.14. The summed E-state index contributed by atoms with van der Waals surface area (Å²) in [5, 5.41) is 13.6. The van der Waals surface area contributed by atoms with Crippen molar-refractivity contribution in [1.82, 2.24) is 10.3 Å². The number of anilines is 1. The molecule has 0 amide bonds. The predicted molar refractivity (Wildman–Crippen MR) is 129 cm³/mol. The Balaban J connectivity index is 1.81. The highest BCUT2D eigenvalue weighted by atomic mass is 32.1. The molecular weight excluding hydrogens is 390 g/mol. The van der Waals surface area contributed by atoms with Crippen LogP contribution in [0.1, 0.15) is 16.7 Å². The molecule has 152 valence electrons. The van der Waals surface area contributed by atoms with Crippen LogP contribution in [0.25, 0.3) is 17.2 Å². The van der Waals surface area contributed by atoms with Gasteiger partial charge in [-0.2, -0.15) is 12.6 Å². The molecule has 3 rings (SSSR count). The van der Waals surface area contributed by atoms with Gasteiger partial charge in [0, 0.05) is 42.3 Å². The van der Waals surface area contributed by atoms with E-state index in [1.54, 1.807) is 29.9 Å². The largest absolute Gasteiger partial charge is 0.398 e. The molecule has 30 heavy (non-hydrogen) atoms. The lowest BCUT2D eigenvalue weighted by Crippen LogP contribution is -2.14. The minimum Gasteiger partial charge on any atom is -0.398 e. The molecule has 6 N–H and O–H groups in total. The SMILES string of the molecule is N=C(/C(N)=C/c1cccc(CNC/C=C/S)c1)c1cc(-c2cccnc2)ccc1N. The van der Waals surface area contributed by atoms with E-state index in [1.165, 1.54) is 0 Å². The second kappa shape index (κ2) is 10.4. The summed E-state index contributed by atoms with van der Waals surface area (Å²) in [5.74, 6) is 0. The van der Waals surface area contributed by atoms with Crippen molar-refractivity contribution in [3.8, 4) is 11.1 Å². The highest BCUT2D eigenvalue weighted by molar-refractivity contribution is 7.83. The van der Waals surface area contributed by atoms with Gasteiger partial charge in [-0.25, -0.2) is 0 Å². The van der Waals surface area contributed by atoms with Crippen molar-refractivity contribution in [2.75, 3.05) is 12.3 Å². The van der Waals surface area contributed by atoms with Crippen LogP contribution < -0.4 is 16.8 Å². The normalized spacial score (nSPS) is 11.7. The van der Waals surface area contributed by atoms with Gasteiger partial charge in [0.05, 0.1) is 11.4 Å². The molecule has 0 bridgehead atoms. The Bertz CT molecular complexity index is 1070. The number of thiol groups is 1. The number of aromatic nitrogens is 1. The standard InChI is InChI=1S/C24H25N5S/c25-22-8-7-19(20-6-2-9-29-16-20)14-21(22)24(27)23(26)13-17-4-1-5-18(12-17)15-28-10-3-11-30/h1-9,11-14,16,27-28,30H,10,15,25-26H2/b11-3+,23-13-,27-24?. The van der Waals surface area contributed by atoms with Crippen LogP contribution >= 0.6 is 12.6 Å². The Kier molecular flexibility index (Phi) is 7.43. The van der Waals surface area contributed by atoms with Crippen LogP contribution in [0.2, 0.25) is 0 Å². The molecule has 0 aliphatic heterocycles. The smallest absolute Gasteiger partial charge is 0.0862 e. The molecule has 5 nitrogen and oxygen atoms in total. The van der Waals surface area contributed by atoms with Crippen LogP contribution in [0.15, 0.2) is 84.2 Å². The number of nitrogens with zero attached hydrogens (tertiary/aromatic N) is 1. The molecule has 6 heteroatoms. The predicted octanol–water partition coefficient (Wildman–Crippen LogP) is 4.23. The summed E-state index contributed by atoms with van der Waals surface area (Å²) >= 11 is 4.04. The highest BCUT2D eigenvalue weighted by Gasteiger charge is 2.11. The summed E-state index contributed by atoms with van der Waals surface area (Å²) in [7, 11) is 0. The molecule has 0 fully saturated rings. The molecule has 0 saturated heterocycles. The maximum absolute atomic E-state index is 8.58. The second-order valence-electron chi connectivity index (χ2n) is 6.78. The number of hydrogen-bond acceptors (Lipinski definition) is 6. The zero-order chi connectivity index (χ0) is 21.3. The Labute approximate surface area is 182 Å². The second-order valence-corrected chi connectivity index (χ2v) is 7.08. The van der Waals surface area contributed by atoms with Gasteiger partial charge in [0.2, 0.25) is 0 Å². The summed E-state index contributed by atoms with van der Waals surface area (Å²) < 4.78 is 0. The Morgan fingerprint density at radius 3 is 2.73 bits per heavy atom. The van der Waals surface area contributed by atoms with E-state index in [9.17, 15) is 0 Å². The van der Waals surface area contributed by atoms with Gasteiger partial charge >= 0.3 is 0 Å². The molecule has 0 aliphatic rings. The van der Waals surface area contributed by atoms with Crippen LogP contribution in [0, 0.1) is 5.41 Å². The molecule has 0 atom stereocenters. The summed E-state index contributed by atoms with van der Waals surface area (Å²) in [5.41, 5.74) is 18.0. The Morgan fingerprint density at radius 1 is 1.10 bits per heavy atom. The fourth-order valence-electron chi connectivity index (χ4n) is 3.04. The summed E-state index contributed by atoms with van der Waals surface area (Å²) in [6.07, 6.45) is 7.25. The third-order valence-corrected chi connectivity index (χ3v) is 4.79. The lowest BCUT2D eigenvalue weighted by molar-refractivity contribution is 0.760. The molecule has 0 aliphatic carbocycles. The zero-order valence-corrected chi connectivity index (χ0v) is 17.4. The van der Waals surface area contributed by atoms with Crippen LogP contribution in [0.5, 0.6) is 0 Å². The Hall–Kier alpha value is -3.35. The number of hydrogen-bond donors (Lipinski definition) is 5. The van der Waals surface area contributed by atoms with Gasteiger partial charge in [-0.1, -0.05) is 42.5 Å². The summed E-state index contributed by atoms with van der Waals surface area (Å²) in [6.45, 7) is 1.49. The average molecular weight is 416 g/mol. The quantitative estimate of drug-likeness (QED) is 0.164. The van der Waals surface area contributed by atoms with Crippen LogP contribution in [-0.4, -0.2) is 17.2 Å². The minimum absolute atomic E-state index is 0.195. The van der Waals surface area contributed by atoms with Gasteiger partial charge in [0.1, 0.15) is 0 Å². The van der Waals surface area contributed by atoms with Gasteiger partial charge in [0.15, 0.2) is 0 Å². The molecule has 0 spiro atoms. The van der Waals surface area contributed by atoms with Gasteiger partial charge in [-0.05, 0) is 46.4 Å². The molecule has 2 aromatic carbocycles. The van der Waals surface area contributed by atoms with E-state index in [0.29, 0.717) is 16.9 Å². The first kappa shape index (κ1) is 21.4. The first-order valence-corrected chi connectivity index (χ1v) is 10.1. The van der Waals surface area contributed by atoms with E-state index in [2.05, 4.69) is 22.9 Å². The van der Waals surface area contributed by atoms with Crippen LogP contribution in [0.3, 0.4) is 0 Å². The number of allylic oxidation sites excluding steroid dienone is 1. The van der Waals surface area contributed by atoms with E-state index < -0.39 is 0 Å². The number of pyridine rings is 1. The lowest BCUT2D eigenvalue weighted by Gasteiger charge is -2.11. The van der Waals surface area contributed by atoms with E-state index in [4.69, 9.17) is 16.9 Å². The number of nitrogen functional groups attached to an aromatic ring is 1. The number of nitrogens with two attached hydrogens (primary N) is 2. The van der Waals surface area contributed by atoms with E-state index in [-0.39, 0.29) is 5.71 Å². The Morgan fingerprint density at radius 2 is 1.97 bits per heavy atom. The maximum Gasteiger partial charge on any atom is 0.0862 e. The van der Waals surface area contributed by atoms with Crippen LogP contribution in [-0.2, 0) is 6.54 Å². The topological polar surface area (TPSA) is 101 Å². The summed E-state index contributed by atoms with van der Waals surface area (Å²) in [4.78, 5) is 4.16. The van der Waals surface area contributed by atoms with Crippen molar-refractivity contribution in [1.29, 1.82) is 5.41 Å². The van der Waals surface area contributed by atoms with Crippen molar-refractivity contribution >= 4 is 30.1 Å². The maximum atomic E-state index is 8.58. The van der Waals surface area contributed by atoms with Gasteiger partial charge in [-0.15, -0.1) is 0 Å². The monoisotopic (exact) mass is 415 g/mol.